The van der Waals surface area contributed by atoms with Crippen molar-refractivity contribution in [3.8, 4) is 22.5 Å². The Labute approximate surface area is 302 Å². The van der Waals surface area contributed by atoms with Gasteiger partial charge in [0.25, 0.3) is 0 Å². The van der Waals surface area contributed by atoms with Crippen molar-refractivity contribution in [3.63, 3.8) is 0 Å². The molecule has 4 aromatic heterocycles. The Kier molecular flexibility index (Phi) is 11.8. The fraction of sp³-hybridized carbons (Fsp3) is 0.357. The van der Waals surface area contributed by atoms with Gasteiger partial charge >= 0.3 is 137 Å². The summed E-state index contributed by atoms with van der Waals surface area (Å²) in [6, 6.07) is 27.6. The largest absolute Gasteiger partial charge is 0 e. The number of pyridine rings is 3. The molecule has 1 aliphatic rings. The van der Waals surface area contributed by atoms with Crippen molar-refractivity contribution in [2.75, 3.05) is 0 Å². The number of furan rings is 1. The van der Waals surface area contributed by atoms with Crippen LogP contribution in [0, 0.1) is 37.8 Å². The Bertz CT molecular complexity index is 1990. The summed E-state index contributed by atoms with van der Waals surface area (Å²) < 4.78 is 7.45. The molecule has 1 saturated carbocycles. The molecule has 0 spiro atoms. The molecule has 1 fully saturated rings. The van der Waals surface area contributed by atoms with Crippen LogP contribution in [0.5, 0.6) is 0 Å². The van der Waals surface area contributed by atoms with E-state index >= 15 is 0 Å². The number of aryl methyl sites for hydroxylation is 2. The standard InChI is InChI=1S/C22H21N2O.C20H26GeN.Ir/c1-13(2)9-17-11-20(23-12-14(17)3)16-6-8-21-19(10-16)18-7-5-15(4)24-22(18)25-21;1-21(2,3)19-15-22-20(17-11-5-4-6-12-17)14-18(19)13-16-9-7-8-10-16;/h5-8,11-13H,9H2,1-4H3;4-6,11,14-16H,7-10,13H2,1-3H3;/q2*-1;. The molecular weight excluding hydrogens is 827 g/mol. The number of fused-ring (bicyclic) bond motifs is 3. The average Bonchev–Trinajstić information content (AvgIpc) is 3.69. The van der Waals surface area contributed by atoms with Crippen molar-refractivity contribution in [3.05, 3.63) is 108 Å². The van der Waals surface area contributed by atoms with Gasteiger partial charge in [0.2, 0.25) is 0 Å². The predicted octanol–water partition coefficient (Wildman–Crippen LogP) is 10.5. The molecule has 0 saturated heterocycles. The van der Waals surface area contributed by atoms with Crippen LogP contribution in [0.1, 0.15) is 61.9 Å². The molecule has 0 unspecified atom stereocenters. The molecule has 0 amide bonds. The molecule has 48 heavy (non-hydrogen) atoms. The van der Waals surface area contributed by atoms with E-state index in [1.807, 2.05) is 43.5 Å². The van der Waals surface area contributed by atoms with Crippen LogP contribution in [0.4, 0.5) is 0 Å². The van der Waals surface area contributed by atoms with E-state index in [-0.39, 0.29) is 20.1 Å². The third kappa shape index (κ3) is 8.53. The number of hydrogen-bond donors (Lipinski definition) is 0. The predicted molar refractivity (Wildman–Crippen MR) is 199 cm³/mol. The Hall–Kier alpha value is -3.12. The molecule has 0 atom stereocenters. The van der Waals surface area contributed by atoms with E-state index in [1.54, 1.807) is 9.96 Å². The maximum absolute atomic E-state index is 5.86. The Morgan fingerprint density at radius 1 is 0.875 bits per heavy atom. The molecular formula is C42H47GeIrN3O-2. The zero-order chi connectivity index (χ0) is 33.1. The van der Waals surface area contributed by atoms with E-state index in [0.29, 0.717) is 11.6 Å². The van der Waals surface area contributed by atoms with Crippen LogP contribution in [0.25, 0.3) is 44.6 Å². The van der Waals surface area contributed by atoms with Gasteiger partial charge in [-0.15, -0.1) is 12.1 Å². The first-order valence-electron chi connectivity index (χ1n) is 17.2. The molecule has 2 aromatic carbocycles. The van der Waals surface area contributed by atoms with Crippen molar-refractivity contribution in [1.82, 2.24) is 15.0 Å². The summed E-state index contributed by atoms with van der Waals surface area (Å²) in [5.74, 6) is 8.93. The second kappa shape index (κ2) is 15.6. The van der Waals surface area contributed by atoms with Crippen LogP contribution in [-0.2, 0) is 32.9 Å². The maximum atomic E-state index is 5.86. The Morgan fingerprint density at radius 3 is 2.31 bits per heavy atom. The minimum Gasteiger partial charge on any atom is 0 e. The SMILES string of the molecule is Cc1ccc2c(n1)oc1ccc(-c3cc(CC(C)C)c(C)cn3)[c-]c12.[CH3][Ge]([CH3])([CH3])[c]1cnc(-c2[c-]cccc2)cc1CC1CCCC1.[Ir]. The van der Waals surface area contributed by atoms with Gasteiger partial charge in [0, 0.05) is 37.7 Å². The molecule has 1 radical (unpaired) electrons. The third-order valence-corrected chi connectivity index (χ3v) is 13.6. The quantitative estimate of drug-likeness (QED) is 0.118. The minimum absolute atomic E-state index is 0. The molecule has 6 aromatic rings. The number of aromatic nitrogens is 3. The van der Waals surface area contributed by atoms with E-state index < -0.39 is 13.3 Å². The molecule has 0 aliphatic heterocycles. The zero-order valence-corrected chi connectivity index (χ0v) is 33.9. The van der Waals surface area contributed by atoms with Crippen LogP contribution in [0.2, 0.25) is 17.3 Å². The summed E-state index contributed by atoms with van der Waals surface area (Å²) in [7, 11) is 0. The molecule has 251 valence electrons. The number of nitrogens with zero attached hydrogens (tertiary/aromatic N) is 3. The third-order valence-electron chi connectivity index (χ3n) is 9.27. The van der Waals surface area contributed by atoms with Gasteiger partial charge in [0.15, 0.2) is 5.71 Å². The topological polar surface area (TPSA) is 51.8 Å². The molecule has 0 bridgehead atoms. The summed E-state index contributed by atoms with van der Waals surface area (Å²) in [5.41, 5.74) is 10.7. The number of benzene rings is 2. The first-order chi connectivity index (χ1) is 22.5. The van der Waals surface area contributed by atoms with Crippen LogP contribution >= 0.6 is 0 Å². The van der Waals surface area contributed by atoms with E-state index in [9.17, 15) is 0 Å². The molecule has 7 rings (SSSR count). The van der Waals surface area contributed by atoms with Gasteiger partial charge in [-0.3, -0.25) is 4.98 Å². The van der Waals surface area contributed by atoms with E-state index in [1.165, 1.54) is 43.2 Å². The average molecular weight is 875 g/mol. The van der Waals surface area contributed by atoms with Crippen molar-refractivity contribution in [1.29, 1.82) is 0 Å². The van der Waals surface area contributed by atoms with Crippen molar-refractivity contribution in [2.24, 2.45) is 11.8 Å². The fourth-order valence-electron chi connectivity index (χ4n) is 6.76. The van der Waals surface area contributed by atoms with E-state index in [2.05, 4.69) is 96.7 Å². The van der Waals surface area contributed by atoms with Gasteiger partial charge in [0.05, 0.1) is 5.58 Å². The number of rotatable bonds is 7. The summed E-state index contributed by atoms with van der Waals surface area (Å²) >= 11 is -1.87. The molecule has 4 heterocycles. The van der Waals surface area contributed by atoms with Crippen molar-refractivity contribution in [2.45, 2.75) is 83.5 Å². The summed E-state index contributed by atoms with van der Waals surface area (Å²) in [4.78, 5) is 13.9. The molecule has 6 heteroatoms. The summed E-state index contributed by atoms with van der Waals surface area (Å²) in [6.45, 7) is 8.57. The van der Waals surface area contributed by atoms with Gasteiger partial charge < -0.3 is 4.42 Å². The van der Waals surface area contributed by atoms with Gasteiger partial charge in [-0.1, -0.05) is 43.0 Å². The second-order valence-corrected chi connectivity index (χ2v) is 25.3. The second-order valence-electron chi connectivity index (χ2n) is 14.7. The molecule has 1 aliphatic carbocycles. The van der Waals surface area contributed by atoms with Crippen LogP contribution in [0.3, 0.4) is 0 Å². The van der Waals surface area contributed by atoms with E-state index in [4.69, 9.17) is 9.40 Å². The van der Waals surface area contributed by atoms with Gasteiger partial charge in [-0.25, -0.2) is 4.98 Å². The van der Waals surface area contributed by atoms with Crippen molar-refractivity contribution < 1.29 is 24.5 Å². The summed E-state index contributed by atoms with van der Waals surface area (Å²) in [5, 5.41) is 1.96. The first-order valence-corrected chi connectivity index (χ1v) is 24.5. The van der Waals surface area contributed by atoms with Crippen LogP contribution in [-0.4, -0.2) is 28.2 Å². The monoisotopic (exact) mass is 876 g/mol. The van der Waals surface area contributed by atoms with Crippen LogP contribution in [0.15, 0.2) is 77.5 Å². The van der Waals surface area contributed by atoms with E-state index in [0.717, 1.165) is 56.9 Å². The Morgan fingerprint density at radius 2 is 1.60 bits per heavy atom. The normalized spacial score (nSPS) is 13.5. The van der Waals surface area contributed by atoms with Gasteiger partial charge in [-0.05, 0) is 48.8 Å². The fourth-order valence-corrected chi connectivity index (χ4v) is 10.1. The van der Waals surface area contributed by atoms with Crippen molar-refractivity contribution >= 4 is 39.7 Å². The Balaban J connectivity index is 0.000000186. The zero-order valence-electron chi connectivity index (χ0n) is 29.4. The first kappa shape index (κ1) is 36.2. The van der Waals surface area contributed by atoms with Crippen LogP contribution < -0.4 is 4.40 Å². The maximum Gasteiger partial charge on any atom is 0 e. The molecule has 4 nitrogen and oxygen atoms in total. The smallest absolute Gasteiger partial charge is 0 e. The van der Waals surface area contributed by atoms with Gasteiger partial charge in [0.1, 0.15) is 0 Å². The van der Waals surface area contributed by atoms with Gasteiger partial charge in [-0.2, -0.15) is 0 Å². The minimum atomic E-state index is -1.87. The summed E-state index contributed by atoms with van der Waals surface area (Å²) in [6.07, 6.45) is 12.1. The number of hydrogen-bond acceptors (Lipinski definition) is 4. The molecule has 0 N–H and O–H groups in total.